The average Bonchev–Trinajstić information content (AvgIpc) is 3.68. The van der Waals surface area contributed by atoms with E-state index in [2.05, 4.69) is 11.9 Å². The third-order valence-electron chi connectivity index (χ3n) is 7.42. The lowest BCUT2D eigenvalue weighted by atomic mass is 9.94. The number of aromatic nitrogens is 2. The van der Waals surface area contributed by atoms with Crippen molar-refractivity contribution in [3.63, 3.8) is 0 Å². The van der Waals surface area contributed by atoms with Gasteiger partial charge in [0, 0.05) is 37.5 Å². The zero-order valence-electron chi connectivity index (χ0n) is 23.8. The summed E-state index contributed by atoms with van der Waals surface area (Å²) in [4.78, 5) is 32.6. The van der Waals surface area contributed by atoms with Gasteiger partial charge in [-0.3, -0.25) is 9.59 Å². The summed E-state index contributed by atoms with van der Waals surface area (Å²) < 4.78 is 19.6. The molecule has 2 aromatic carbocycles. The van der Waals surface area contributed by atoms with Crippen molar-refractivity contribution in [2.45, 2.75) is 65.1 Å². The summed E-state index contributed by atoms with van der Waals surface area (Å²) in [6.07, 6.45) is 8.54. The van der Waals surface area contributed by atoms with Crippen molar-refractivity contribution in [1.29, 1.82) is 0 Å². The van der Waals surface area contributed by atoms with Crippen LogP contribution >= 0.6 is 0 Å². The normalized spacial score (nSPS) is 19.3. The van der Waals surface area contributed by atoms with Crippen molar-refractivity contribution >= 4 is 17.4 Å². The van der Waals surface area contributed by atoms with Gasteiger partial charge >= 0.3 is 0 Å². The van der Waals surface area contributed by atoms with Gasteiger partial charge in [-0.15, -0.1) is 0 Å². The number of amides is 1. The number of unbranched alkanes of at least 4 members (excludes halogenated alkanes) is 1. The summed E-state index contributed by atoms with van der Waals surface area (Å²) in [5.74, 6) is 0.366. The average molecular weight is 560 g/mol. The molecule has 1 saturated heterocycles. The fourth-order valence-electron chi connectivity index (χ4n) is 5.43. The number of ketones is 1. The Morgan fingerprint density at radius 1 is 1.07 bits per heavy atom. The Morgan fingerprint density at radius 2 is 1.93 bits per heavy atom. The highest BCUT2D eigenvalue weighted by Crippen LogP contribution is 2.43. The van der Waals surface area contributed by atoms with Crippen LogP contribution in [0.1, 0.15) is 62.8 Å². The van der Waals surface area contributed by atoms with Crippen LogP contribution < -0.4 is 14.2 Å². The number of likely N-dealkylation sites (tertiary alicyclic amines) is 1. The van der Waals surface area contributed by atoms with E-state index in [9.17, 15) is 14.7 Å². The summed E-state index contributed by atoms with van der Waals surface area (Å²) >= 11 is 0. The van der Waals surface area contributed by atoms with Crippen LogP contribution in [-0.4, -0.2) is 57.1 Å². The first kappa shape index (κ1) is 28.3. The Morgan fingerprint density at radius 3 is 2.68 bits per heavy atom. The molecular weight excluding hydrogens is 522 g/mol. The maximum atomic E-state index is 13.5. The van der Waals surface area contributed by atoms with Crippen LogP contribution in [0, 0.1) is 0 Å². The number of aliphatic hydroxyl groups is 1. The lowest BCUT2D eigenvalue weighted by Crippen LogP contribution is -2.31. The maximum absolute atomic E-state index is 13.5. The second-order valence-corrected chi connectivity index (χ2v) is 10.4. The van der Waals surface area contributed by atoms with Crippen molar-refractivity contribution in [2.75, 3.05) is 19.8 Å². The van der Waals surface area contributed by atoms with Crippen LogP contribution in [0.15, 0.2) is 60.7 Å². The summed E-state index contributed by atoms with van der Waals surface area (Å²) in [7, 11) is 0. The number of imidazole rings is 1. The number of nitrogens with zero attached hydrogens (tertiary/aromatic N) is 3. The van der Waals surface area contributed by atoms with Gasteiger partial charge in [0.15, 0.2) is 11.5 Å². The van der Waals surface area contributed by atoms with Crippen molar-refractivity contribution in [2.24, 2.45) is 0 Å². The van der Waals surface area contributed by atoms with Gasteiger partial charge in [-0.2, -0.15) is 0 Å². The summed E-state index contributed by atoms with van der Waals surface area (Å²) in [5, 5.41) is 11.6. The minimum Gasteiger partial charge on any atom is -0.507 e. The Bertz CT molecular complexity index is 1430. The third-order valence-corrected chi connectivity index (χ3v) is 7.42. The number of carbonyl (C=O) groups excluding carboxylic acids is 2. The highest BCUT2D eigenvalue weighted by molar-refractivity contribution is 6.46. The molecule has 216 valence electrons. The van der Waals surface area contributed by atoms with Crippen LogP contribution in [0.5, 0.6) is 17.2 Å². The fourth-order valence-corrected chi connectivity index (χ4v) is 5.43. The van der Waals surface area contributed by atoms with E-state index in [4.69, 9.17) is 14.2 Å². The van der Waals surface area contributed by atoms with Crippen LogP contribution in [0.4, 0.5) is 0 Å². The Hall–Kier alpha value is -4.27. The number of aliphatic hydroxyl groups excluding tert-OH is 1. The van der Waals surface area contributed by atoms with Crippen molar-refractivity contribution in [1.82, 2.24) is 14.5 Å². The number of ether oxygens (including phenoxy) is 3. The molecule has 9 nitrogen and oxygen atoms in total. The molecule has 41 heavy (non-hydrogen) atoms. The zero-order valence-corrected chi connectivity index (χ0v) is 23.8. The molecule has 5 rings (SSSR count). The molecule has 1 aromatic heterocycles. The number of fused-ring (bicyclic) bond motifs is 1. The molecule has 0 radical (unpaired) electrons. The predicted octanol–water partition coefficient (Wildman–Crippen LogP) is 5.30. The molecule has 0 aliphatic carbocycles. The van der Waals surface area contributed by atoms with E-state index in [0.29, 0.717) is 61.8 Å². The number of hydrogen-bond donors (Lipinski definition) is 1. The predicted molar refractivity (Wildman–Crippen MR) is 154 cm³/mol. The number of hydrogen-bond acceptors (Lipinski definition) is 7. The van der Waals surface area contributed by atoms with Crippen molar-refractivity contribution in [3.8, 4) is 17.2 Å². The molecule has 1 fully saturated rings. The molecule has 3 aromatic rings. The van der Waals surface area contributed by atoms with Gasteiger partial charge in [-0.1, -0.05) is 19.4 Å². The van der Waals surface area contributed by atoms with E-state index in [1.807, 2.05) is 48.9 Å². The molecule has 2 aliphatic rings. The van der Waals surface area contributed by atoms with E-state index in [-0.39, 0.29) is 17.4 Å². The molecule has 0 bridgehead atoms. The molecule has 9 heteroatoms. The van der Waals surface area contributed by atoms with Crippen LogP contribution in [0.25, 0.3) is 5.76 Å². The second-order valence-electron chi connectivity index (χ2n) is 10.4. The number of Topliss-reactive ketones (excluding diaryl/α,β-unsaturated/α-hetero) is 1. The molecule has 1 amide bonds. The standard InChI is InChI=1S/C32H37N3O6/c1-4-6-16-40-26-11-8-22(19-27(26)39-5-2)29-28(30(36)23-9-10-25-24(18-23)17-21(3)41-25)31(37)32(38)35(29)14-7-13-34-15-12-33-20-34/h8-12,15,18-21,29,36H,4-7,13-14,16-17H2,1-3H3/t21-,29+/m0/s1. The highest BCUT2D eigenvalue weighted by Gasteiger charge is 2.46. The minimum absolute atomic E-state index is 0.0403. The Labute approximate surface area is 240 Å². The first-order chi connectivity index (χ1) is 19.9. The van der Waals surface area contributed by atoms with Gasteiger partial charge in [-0.25, -0.2) is 4.98 Å². The highest BCUT2D eigenvalue weighted by atomic mass is 16.5. The van der Waals surface area contributed by atoms with Crippen molar-refractivity contribution < 1.29 is 28.9 Å². The molecule has 1 N–H and O–H groups in total. The molecule has 0 spiro atoms. The third kappa shape index (κ3) is 5.94. The van der Waals surface area contributed by atoms with Crippen LogP contribution in [-0.2, 0) is 22.6 Å². The monoisotopic (exact) mass is 559 g/mol. The van der Waals surface area contributed by atoms with Crippen LogP contribution in [0.2, 0.25) is 0 Å². The van der Waals surface area contributed by atoms with Gasteiger partial charge in [0.05, 0.1) is 31.2 Å². The molecule has 2 atom stereocenters. The quantitative estimate of drug-likeness (QED) is 0.139. The molecule has 0 saturated carbocycles. The van der Waals surface area contributed by atoms with Gasteiger partial charge in [0.1, 0.15) is 17.6 Å². The van der Waals surface area contributed by atoms with E-state index in [1.54, 1.807) is 29.6 Å². The van der Waals surface area contributed by atoms with Gasteiger partial charge in [0.2, 0.25) is 0 Å². The maximum Gasteiger partial charge on any atom is 0.295 e. The fraction of sp³-hybridized carbons (Fsp3) is 0.406. The zero-order chi connectivity index (χ0) is 28.9. The minimum atomic E-state index is -0.787. The van der Waals surface area contributed by atoms with Gasteiger partial charge < -0.3 is 28.8 Å². The second kappa shape index (κ2) is 12.5. The van der Waals surface area contributed by atoms with E-state index < -0.39 is 17.7 Å². The topological polar surface area (TPSA) is 103 Å². The van der Waals surface area contributed by atoms with Crippen LogP contribution in [0.3, 0.4) is 0 Å². The van der Waals surface area contributed by atoms with Crippen molar-refractivity contribution in [3.05, 3.63) is 77.4 Å². The van der Waals surface area contributed by atoms with E-state index >= 15 is 0 Å². The first-order valence-electron chi connectivity index (χ1n) is 14.3. The smallest absolute Gasteiger partial charge is 0.295 e. The Balaban J connectivity index is 1.54. The first-order valence-corrected chi connectivity index (χ1v) is 14.3. The van der Waals surface area contributed by atoms with Gasteiger partial charge in [-0.05, 0) is 68.1 Å². The summed E-state index contributed by atoms with van der Waals surface area (Å²) in [5.41, 5.74) is 2.16. The Kier molecular flexibility index (Phi) is 8.61. The summed E-state index contributed by atoms with van der Waals surface area (Å²) in [6.45, 7) is 7.91. The largest absolute Gasteiger partial charge is 0.507 e. The van der Waals surface area contributed by atoms with E-state index in [1.165, 1.54) is 0 Å². The summed E-state index contributed by atoms with van der Waals surface area (Å²) in [6, 6.07) is 10.1. The molecule has 3 heterocycles. The van der Waals surface area contributed by atoms with Gasteiger partial charge in [0.25, 0.3) is 11.7 Å². The SMILES string of the molecule is CCCCOc1ccc([C@@H]2C(=C(O)c3ccc4c(c3)C[C@H](C)O4)C(=O)C(=O)N2CCCn2ccnc2)cc1OCC. The van der Waals surface area contributed by atoms with E-state index in [0.717, 1.165) is 24.2 Å². The number of benzene rings is 2. The number of carbonyl (C=O) groups is 2. The molecular formula is C32H37N3O6. The molecule has 0 unspecified atom stereocenters. The number of rotatable bonds is 12. The lowest BCUT2D eigenvalue weighted by molar-refractivity contribution is -0.139. The lowest BCUT2D eigenvalue weighted by Gasteiger charge is -2.26. The molecule has 2 aliphatic heterocycles. The number of aryl methyl sites for hydroxylation is 1.